The fourth-order valence-corrected chi connectivity index (χ4v) is 3.59. The average molecular weight is 356 g/mol. The molecule has 5 nitrogen and oxygen atoms in total. The summed E-state index contributed by atoms with van der Waals surface area (Å²) >= 11 is 5.97. The zero-order chi connectivity index (χ0) is 17.4. The van der Waals surface area contributed by atoms with Crippen LogP contribution in [0.4, 0.5) is 5.82 Å². The molecule has 130 valence electrons. The normalized spacial score (nSPS) is 18.0. The minimum Gasteiger partial charge on any atom is -0.355 e. The summed E-state index contributed by atoms with van der Waals surface area (Å²) in [5.74, 6) is 1.08. The number of rotatable bonds is 3. The fourth-order valence-electron chi connectivity index (χ4n) is 3.47. The van der Waals surface area contributed by atoms with Gasteiger partial charge in [-0.3, -0.25) is 0 Å². The van der Waals surface area contributed by atoms with Gasteiger partial charge in [-0.2, -0.15) is 9.61 Å². The largest absolute Gasteiger partial charge is 0.355 e. The van der Waals surface area contributed by atoms with Crippen molar-refractivity contribution in [2.45, 2.75) is 32.2 Å². The molecular weight excluding hydrogens is 334 g/mol. The lowest BCUT2D eigenvalue weighted by Crippen LogP contribution is -2.43. The van der Waals surface area contributed by atoms with E-state index in [1.165, 1.54) is 5.56 Å². The number of benzene rings is 1. The van der Waals surface area contributed by atoms with E-state index in [4.69, 9.17) is 22.4 Å². The summed E-state index contributed by atoms with van der Waals surface area (Å²) in [6, 6.07) is 12.3. The van der Waals surface area contributed by atoms with Gasteiger partial charge in [0.15, 0.2) is 5.65 Å². The molecule has 1 aliphatic rings. The molecular formula is C19H22ClN5. The Bertz CT molecular complexity index is 887. The van der Waals surface area contributed by atoms with E-state index in [1.807, 2.05) is 35.7 Å². The second-order valence-electron chi connectivity index (χ2n) is 6.81. The first-order valence-electron chi connectivity index (χ1n) is 8.70. The number of nitrogens with zero attached hydrogens (tertiary/aromatic N) is 4. The Hall–Kier alpha value is -2.11. The van der Waals surface area contributed by atoms with Crippen LogP contribution < -0.4 is 10.6 Å². The van der Waals surface area contributed by atoms with Crippen molar-refractivity contribution < 1.29 is 0 Å². The van der Waals surface area contributed by atoms with Crippen LogP contribution in [0.1, 0.15) is 29.8 Å². The van der Waals surface area contributed by atoms with Crippen LogP contribution >= 0.6 is 11.6 Å². The minimum atomic E-state index is 0.223. The molecule has 0 saturated carbocycles. The van der Waals surface area contributed by atoms with E-state index in [0.717, 1.165) is 60.2 Å². The molecule has 0 aliphatic carbocycles. The monoisotopic (exact) mass is 355 g/mol. The highest BCUT2D eigenvalue weighted by atomic mass is 35.5. The molecule has 0 bridgehead atoms. The molecule has 25 heavy (non-hydrogen) atoms. The number of halogens is 1. The van der Waals surface area contributed by atoms with E-state index in [9.17, 15) is 0 Å². The third-order valence-electron chi connectivity index (χ3n) is 4.67. The first-order valence-corrected chi connectivity index (χ1v) is 9.07. The number of hydrogen-bond acceptors (Lipinski definition) is 4. The van der Waals surface area contributed by atoms with Crippen LogP contribution in [0.5, 0.6) is 0 Å². The molecule has 3 heterocycles. The highest BCUT2D eigenvalue weighted by molar-refractivity contribution is 6.30. The van der Waals surface area contributed by atoms with Crippen molar-refractivity contribution in [3.05, 3.63) is 58.4 Å². The predicted molar refractivity (Wildman–Crippen MR) is 101 cm³/mol. The van der Waals surface area contributed by atoms with E-state index in [2.05, 4.69) is 22.0 Å². The van der Waals surface area contributed by atoms with Crippen molar-refractivity contribution in [1.82, 2.24) is 14.6 Å². The van der Waals surface area contributed by atoms with Gasteiger partial charge >= 0.3 is 0 Å². The Balaban J connectivity index is 1.69. The standard InChI is InChI=1S/C19H22ClN5/c1-13-9-19(24-8-2-3-16(21)12-24)25-18(22-13)11-17(23-25)10-14-4-6-15(20)7-5-14/h4-7,9,11,16H,2-3,8,10,12,21H2,1H3/t16-/m0/s1. The lowest BCUT2D eigenvalue weighted by atomic mass is 10.1. The van der Waals surface area contributed by atoms with Gasteiger partial charge in [-0.15, -0.1) is 0 Å². The van der Waals surface area contributed by atoms with Gasteiger partial charge in [0.1, 0.15) is 5.82 Å². The van der Waals surface area contributed by atoms with Crippen LogP contribution in [0, 0.1) is 6.92 Å². The number of aryl methyl sites for hydroxylation is 1. The summed E-state index contributed by atoms with van der Waals surface area (Å²) in [7, 11) is 0. The highest BCUT2D eigenvalue weighted by Crippen LogP contribution is 2.23. The second kappa shape index (κ2) is 6.65. The van der Waals surface area contributed by atoms with Crippen molar-refractivity contribution in [3.63, 3.8) is 0 Å². The van der Waals surface area contributed by atoms with Gasteiger partial charge in [-0.1, -0.05) is 23.7 Å². The quantitative estimate of drug-likeness (QED) is 0.783. The zero-order valence-corrected chi connectivity index (χ0v) is 15.1. The number of aromatic nitrogens is 3. The molecule has 0 radical (unpaired) electrons. The smallest absolute Gasteiger partial charge is 0.157 e. The fraction of sp³-hybridized carbons (Fsp3) is 0.368. The molecule has 1 aliphatic heterocycles. The molecule has 0 amide bonds. The van der Waals surface area contributed by atoms with Gasteiger partial charge in [0.25, 0.3) is 0 Å². The number of nitrogens with two attached hydrogens (primary N) is 1. The number of fused-ring (bicyclic) bond motifs is 1. The molecule has 6 heteroatoms. The Morgan fingerprint density at radius 1 is 1.24 bits per heavy atom. The maximum absolute atomic E-state index is 6.17. The van der Waals surface area contributed by atoms with Gasteiger partial charge in [0.2, 0.25) is 0 Å². The molecule has 4 rings (SSSR count). The summed E-state index contributed by atoms with van der Waals surface area (Å²) < 4.78 is 1.95. The molecule has 2 N–H and O–H groups in total. The maximum atomic E-state index is 6.17. The number of piperidine rings is 1. The van der Waals surface area contributed by atoms with Gasteiger partial charge < -0.3 is 10.6 Å². The summed E-state index contributed by atoms with van der Waals surface area (Å²) in [6.45, 7) is 3.91. The Labute approximate surface area is 152 Å². The van der Waals surface area contributed by atoms with E-state index < -0.39 is 0 Å². The third kappa shape index (κ3) is 3.48. The van der Waals surface area contributed by atoms with E-state index >= 15 is 0 Å². The topological polar surface area (TPSA) is 59.5 Å². The minimum absolute atomic E-state index is 0.223. The molecule has 1 saturated heterocycles. The van der Waals surface area contributed by atoms with Crippen LogP contribution in [0.15, 0.2) is 36.4 Å². The molecule has 1 atom stereocenters. The number of hydrogen-bond donors (Lipinski definition) is 1. The van der Waals surface area contributed by atoms with Gasteiger partial charge in [0, 0.05) is 48.4 Å². The zero-order valence-electron chi connectivity index (χ0n) is 14.3. The van der Waals surface area contributed by atoms with Crippen LogP contribution in [0.3, 0.4) is 0 Å². The van der Waals surface area contributed by atoms with Crippen molar-refractivity contribution >= 4 is 23.1 Å². The first-order chi connectivity index (χ1) is 12.1. The second-order valence-corrected chi connectivity index (χ2v) is 7.25. The summed E-state index contributed by atoms with van der Waals surface area (Å²) in [5, 5.41) is 5.56. The average Bonchev–Trinajstić information content (AvgIpc) is 2.98. The van der Waals surface area contributed by atoms with E-state index in [1.54, 1.807) is 0 Å². The van der Waals surface area contributed by atoms with Gasteiger partial charge in [-0.05, 0) is 37.5 Å². The molecule has 0 spiro atoms. The molecule has 1 aromatic carbocycles. The van der Waals surface area contributed by atoms with Crippen molar-refractivity contribution in [1.29, 1.82) is 0 Å². The van der Waals surface area contributed by atoms with Crippen LogP contribution in [-0.2, 0) is 6.42 Å². The highest BCUT2D eigenvalue weighted by Gasteiger charge is 2.20. The predicted octanol–water partition coefficient (Wildman–Crippen LogP) is 3.21. The van der Waals surface area contributed by atoms with Gasteiger partial charge in [0.05, 0.1) is 5.69 Å². The molecule has 1 fully saturated rings. The summed E-state index contributed by atoms with van der Waals surface area (Å²) in [4.78, 5) is 6.98. The summed E-state index contributed by atoms with van der Waals surface area (Å²) in [5.41, 5.74) is 10.2. The lowest BCUT2D eigenvalue weighted by Gasteiger charge is -2.32. The van der Waals surface area contributed by atoms with Crippen molar-refractivity contribution in [3.8, 4) is 0 Å². The molecule has 0 unspecified atom stereocenters. The third-order valence-corrected chi connectivity index (χ3v) is 4.92. The molecule has 2 aromatic heterocycles. The Morgan fingerprint density at radius 3 is 2.80 bits per heavy atom. The maximum Gasteiger partial charge on any atom is 0.157 e. The van der Waals surface area contributed by atoms with Gasteiger partial charge in [-0.25, -0.2) is 4.98 Å². The lowest BCUT2D eigenvalue weighted by molar-refractivity contribution is 0.500. The molecule has 3 aromatic rings. The van der Waals surface area contributed by atoms with Crippen molar-refractivity contribution in [2.24, 2.45) is 5.73 Å². The van der Waals surface area contributed by atoms with Crippen LogP contribution in [0.25, 0.3) is 5.65 Å². The Kier molecular flexibility index (Phi) is 4.36. The SMILES string of the molecule is Cc1cc(N2CCC[C@H](N)C2)n2nc(Cc3ccc(Cl)cc3)cc2n1. The van der Waals surface area contributed by atoms with Crippen LogP contribution in [0.2, 0.25) is 5.02 Å². The van der Waals surface area contributed by atoms with E-state index in [0.29, 0.717) is 0 Å². The van der Waals surface area contributed by atoms with Crippen molar-refractivity contribution in [2.75, 3.05) is 18.0 Å². The van der Waals surface area contributed by atoms with Crippen LogP contribution in [-0.4, -0.2) is 33.7 Å². The summed E-state index contributed by atoms with van der Waals surface area (Å²) in [6.07, 6.45) is 2.96. The van der Waals surface area contributed by atoms with E-state index in [-0.39, 0.29) is 6.04 Å². The first kappa shape index (κ1) is 16.4. The Morgan fingerprint density at radius 2 is 2.04 bits per heavy atom. The number of anilines is 1.